The number of amides is 2. The zero-order valence-electron chi connectivity index (χ0n) is 9.18. The van der Waals surface area contributed by atoms with E-state index in [0.717, 1.165) is 10.5 Å². The van der Waals surface area contributed by atoms with Crippen LogP contribution in [0.25, 0.3) is 5.57 Å². The summed E-state index contributed by atoms with van der Waals surface area (Å²) in [6.07, 6.45) is 2.28. The van der Waals surface area contributed by atoms with E-state index < -0.39 is 0 Å². The number of hydrogen-bond donors (Lipinski definition) is 0. The standard InChI is InChI=1S/C12H12N2O2/c1-13(2)7-10-9-5-3-4-6-11(9)14(8-15)12(10)16/h3-8H,1-2H3/b10-7+. The molecule has 1 aliphatic rings. The minimum atomic E-state index is -0.273. The number of rotatable bonds is 2. The Hall–Kier alpha value is -2.10. The molecular weight excluding hydrogens is 204 g/mol. The van der Waals surface area contributed by atoms with Gasteiger partial charge in [-0.1, -0.05) is 18.2 Å². The summed E-state index contributed by atoms with van der Waals surface area (Å²) in [5.74, 6) is -0.273. The van der Waals surface area contributed by atoms with E-state index in [2.05, 4.69) is 0 Å². The van der Waals surface area contributed by atoms with Crippen molar-refractivity contribution < 1.29 is 9.59 Å². The summed E-state index contributed by atoms with van der Waals surface area (Å²) < 4.78 is 0. The summed E-state index contributed by atoms with van der Waals surface area (Å²) in [4.78, 5) is 25.7. The average Bonchev–Trinajstić information content (AvgIpc) is 2.52. The Morgan fingerprint density at radius 2 is 1.94 bits per heavy atom. The van der Waals surface area contributed by atoms with E-state index in [1.54, 1.807) is 23.2 Å². The summed E-state index contributed by atoms with van der Waals surface area (Å²) in [7, 11) is 3.68. The fourth-order valence-corrected chi connectivity index (χ4v) is 1.75. The van der Waals surface area contributed by atoms with Crippen molar-refractivity contribution in [3.8, 4) is 0 Å². The Labute approximate surface area is 93.8 Å². The highest BCUT2D eigenvalue weighted by atomic mass is 16.2. The monoisotopic (exact) mass is 216 g/mol. The van der Waals surface area contributed by atoms with Gasteiger partial charge in [-0.25, -0.2) is 4.90 Å². The number of anilines is 1. The molecule has 1 aliphatic heterocycles. The number of carbonyl (C=O) groups excluding carboxylic acids is 2. The van der Waals surface area contributed by atoms with Crippen LogP contribution in [0.5, 0.6) is 0 Å². The normalized spacial score (nSPS) is 16.5. The third-order valence-electron chi connectivity index (χ3n) is 2.40. The SMILES string of the molecule is CN(C)/C=C1/C(=O)N(C=O)c2ccccc21. The van der Waals surface area contributed by atoms with E-state index in [1.807, 2.05) is 26.2 Å². The van der Waals surface area contributed by atoms with Crippen LogP contribution in [0.3, 0.4) is 0 Å². The fraction of sp³-hybridized carbons (Fsp3) is 0.167. The van der Waals surface area contributed by atoms with Crippen molar-refractivity contribution >= 4 is 23.6 Å². The lowest BCUT2D eigenvalue weighted by Gasteiger charge is -2.07. The van der Waals surface area contributed by atoms with Gasteiger partial charge in [-0.2, -0.15) is 0 Å². The van der Waals surface area contributed by atoms with E-state index in [-0.39, 0.29) is 5.91 Å². The maximum Gasteiger partial charge on any atom is 0.267 e. The first-order chi connectivity index (χ1) is 7.65. The second-order valence-electron chi connectivity index (χ2n) is 3.80. The van der Waals surface area contributed by atoms with Gasteiger partial charge < -0.3 is 4.90 Å². The molecule has 0 unspecified atom stereocenters. The second kappa shape index (κ2) is 3.81. The molecule has 0 aromatic heterocycles. The molecule has 2 rings (SSSR count). The van der Waals surface area contributed by atoms with E-state index in [0.29, 0.717) is 17.7 Å². The Bertz CT molecular complexity index is 478. The molecular formula is C12H12N2O2. The number of hydrogen-bond acceptors (Lipinski definition) is 3. The Balaban J connectivity index is 2.59. The van der Waals surface area contributed by atoms with Gasteiger partial charge in [0, 0.05) is 25.9 Å². The first-order valence-corrected chi connectivity index (χ1v) is 4.91. The first-order valence-electron chi connectivity index (χ1n) is 4.91. The number of para-hydroxylation sites is 1. The topological polar surface area (TPSA) is 40.6 Å². The third-order valence-corrected chi connectivity index (χ3v) is 2.40. The largest absolute Gasteiger partial charge is 0.383 e. The van der Waals surface area contributed by atoms with Crippen LogP contribution in [0.15, 0.2) is 30.5 Å². The molecule has 1 aromatic rings. The zero-order valence-corrected chi connectivity index (χ0v) is 9.18. The maximum atomic E-state index is 11.9. The van der Waals surface area contributed by atoms with Gasteiger partial charge in [0.1, 0.15) is 0 Å². The minimum absolute atomic E-state index is 0.273. The molecule has 0 atom stereocenters. The smallest absolute Gasteiger partial charge is 0.267 e. The highest BCUT2D eigenvalue weighted by Gasteiger charge is 2.31. The van der Waals surface area contributed by atoms with Gasteiger partial charge >= 0.3 is 0 Å². The van der Waals surface area contributed by atoms with Crippen molar-refractivity contribution in [1.82, 2.24) is 4.90 Å². The van der Waals surface area contributed by atoms with Gasteiger partial charge in [0.05, 0.1) is 11.3 Å². The number of carbonyl (C=O) groups is 2. The molecule has 1 heterocycles. The quantitative estimate of drug-likeness (QED) is 0.549. The molecule has 0 bridgehead atoms. The van der Waals surface area contributed by atoms with Gasteiger partial charge in [0.15, 0.2) is 0 Å². The molecule has 0 saturated heterocycles. The van der Waals surface area contributed by atoms with Crippen molar-refractivity contribution in [1.29, 1.82) is 0 Å². The molecule has 0 spiro atoms. The molecule has 0 aliphatic carbocycles. The predicted molar refractivity (Wildman–Crippen MR) is 61.7 cm³/mol. The second-order valence-corrected chi connectivity index (χ2v) is 3.80. The summed E-state index contributed by atoms with van der Waals surface area (Å²) in [6, 6.07) is 7.26. The van der Waals surface area contributed by atoms with Crippen molar-refractivity contribution in [3.63, 3.8) is 0 Å². The molecule has 0 N–H and O–H groups in total. The molecule has 0 fully saturated rings. The van der Waals surface area contributed by atoms with Crippen LogP contribution in [0.4, 0.5) is 5.69 Å². The first kappa shape index (κ1) is 10.4. The lowest BCUT2D eigenvalue weighted by atomic mass is 10.1. The Kier molecular flexibility index (Phi) is 2.48. The van der Waals surface area contributed by atoms with Crippen LogP contribution in [0, 0.1) is 0 Å². The van der Waals surface area contributed by atoms with Gasteiger partial charge in [-0.15, -0.1) is 0 Å². The van der Waals surface area contributed by atoms with Crippen LogP contribution in [0.1, 0.15) is 5.56 Å². The van der Waals surface area contributed by atoms with Crippen molar-refractivity contribution in [2.75, 3.05) is 19.0 Å². The van der Waals surface area contributed by atoms with E-state index in [9.17, 15) is 9.59 Å². The highest BCUT2D eigenvalue weighted by molar-refractivity contribution is 6.37. The minimum Gasteiger partial charge on any atom is -0.383 e. The highest BCUT2D eigenvalue weighted by Crippen LogP contribution is 2.35. The van der Waals surface area contributed by atoms with Crippen LogP contribution in [-0.4, -0.2) is 31.3 Å². The van der Waals surface area contributed by atoms with Gasteiger partial charge in [-0.05, 0) is 6.07 Å². The third kappa shape index (κ3) is 1.48. The average molecular weight is 216 g/mol. The number of imide groups is 1. The van der Waals surface area contributed by atoms with Crippen LogP contribution < -0.4 is 4.90 Å². The molecule has 0 radical (unpaired) electrons. The zero-order chi connectivity index (χ0) is 11.7. The van der Waals surface area contributed by atoms with E-state index in [1.165, 1.54) is 0 Å². The van der Waals surface area contributed by atoms with Crippen molar-refractivity contribution in [2.24, 2.45) is 0 Å². The van der Waals surface area contributed by atoms with Crippen LogP contribution in [-0.2, 0) is 9.59 Å². The lowest BCUT2D eigenvalue weighted by molar-refractivity contribution is -0.117. The van der Waals surface area contributed by atoms with Gasteiger partial charge in [0.25, 0.3) is 5.91 Å². The summed E-state index contributed by atoms with van der Waals surface area (Å²) in [5.41, 5.74) is 2.00. The van der Waals surface area contributed by atoms with Crippen LogP contribution >= 0.6 is 0 Å². The van der Waals surface area contributed by atoms with E-state index >= 15 is 0 Å². The molecule has 0 saturated carbocycles. The number of fused-ring (bicyclic) bond motifs is 1. The fourth-order valence-electron chi connectivity index (χ4n) is 1.75. The summed E-state index contributed by atoms with van der Waals surface area (Å²) in [5, 5.41) is 0. The predicted octanol–water partition coefficient (Wildman–Crippen LogP) is 1.09. The maximum absolute atomic E-state index is 11.9. The molecule has 16 heavy (non-hydrogen) atoms. The lowest BCUT2D eigenvalue weighted by Crippen LogP contribution is -2.24. The molecule has 4 heteroatoms. The Morgan fingerprint density at radius 1 is 1.25 bits per heavy atom. The summed E-state index contributed by atoms with van der Waals surface area (Å²) in [6.45, 7) is 0. The van der Waals surface area contributed by atoms with Gasteiger partial charge in [-0.3, -0.25) is 9.59 Å². The van der Waals surface area contributed by atoms with Crippen molar-refractivity contribution in [2.45, 2.75) is 0 Å². The van der Waals surface area contributed by atoms with E-state index in [4.69, 9.17) is 0 Å². The number of nitrogens with zero attached hydrogens (tertiary/aromatic N) is 2. The molecule has 4 nitrogen and oxygen atoms in total. The molecule has 2 amide bonds. The van der Waals surface area contributed by atoms with Gasteiger partial charge in [0.2, 0.25) is 6.41 Å². The van der Waals surface area contributed by atoms with Crippen LogP contribution in [0.2, 0.25) is 0 Å². The number of benzene rings is 1. The Morgan fingerprint density at radius 3 is 2.56 bits per heavy atom. The molecule has 1 aromatic carbocycles. The summed E-state index contributed by atoms with van der Waals surface area (Å²) >= 11 is 0. The molecule has 82 valence electrons. The van der Waals surface area contributed by atoms with Crippen molar-refractivity contribution in [3.05, 3.63) is 36.0 Å².